The van der Waals surface area contributed by atoms with Gasteiger partial charge in [0.2, 0.25) is 0 Å². The van der Waals surface area contributed by atoms with Crippen LogP contribution >= 0.6 is 0 Å². The van der Waals surface area contributed by atoms with Crippen molar-refractivity contribution in [3.05, 3.63) is 12.4 Å². The van der Waals surface area contributed by atoms with E-state index in [2.05, 4.69) is 10.4 Å². The van der Waals surface area contributed by atoms with Crippen molar-refractivity contribution >= 4 is 17.7 Å². The molecule has 7 nitrogen and oxygen atoms in total. The van der Waals surface area contributed by atoms with Gasteiger partial charge in [0.25, 0.3) is 0 Å². The summed E-state index contributed by atoms with van der Waals surface area (Å²) in [6.45, 7) is 0.601. The van der Waals surface area contributed by atoms with E-state index in [1.807, 2.05) is 0 Å². The number of hydrogen-bond donors (Lipinski definition) is 2. The van der Waals surface area contributed by atoms with E-state index in [1.54, 1.807) is 29.0 Å². The Labute approximate surface area is 111 Å². The fourth-order valence-electron chi connectivity index (χ4n) is 2.36. The van der Waals surface area contributed by atoms with Gasteiger partial charge in [-0.05, 0) is 19.3 Å². The highest BCUT2D eigenvalue weighted by Crippen LogP contribution is 2.20. The molecule has 1 fully saturated rings. The molecule has 2 N–H and O–H groups in total. The molecule has 0 bridgehead atoms. The zero-order valence-corrected chi connectivity index (χ0v) is 10.9. The Balaban J connectivity index is 2.00. The number of rotatable bonds is 3. The van der Waals surface area contributed by atoms with E-state index >= 15 is 0 Å². The largest absolute Gasteiger partial charge is 0.481 e. The van der Waals surface area contributed by atoms with Gasteiger partial charge in [-0.25, -0.2) is 4.79 Å². The predicted molar refractivity (Wildman–Crippen MR) is 68.8 cm³/mol. The molecule has 2 heterocycles. The smallest absolute Gasteiger partial charge is 0.322 e. The number of piperidine rings is 1. The Morgan fingerprint density at radius 2 is 2.32 bits per heavy atom. The molecule has 1 aromatic heterocycles. The summed E-state index contributed by atoms with van der Waals surface area (Å²) in [7, 11) is 1.77. The van der Waals surface area contributed by atoms with Crippen molar-refractivity contribution in [1.82, 2.24) is 14.7 Å². The van der Waals surface area contributed by atoms with Gasteiger partial charge in [-0.3, -0.25) is 9.48 Å². The molecule has 0 saturated carbocycles. The minimum Gasteiger partial charge on any atom is -0.481 e. The standard InChI is InChI=1S/C12H18N4O3/c1-15-8-9(7-13-15)14-12(19)16-5-3-2-4-10(16)6-11(17)18/h7-8,10H,2-6H2,1H3,(H,14,19)(H,17,18). The summed E-state index contributed by atoms with van der Waals surface area (Å²) < 4.78 is 1.60. The summed E-state index contributed by atoms with van der Waals surface area (Å²) in [6.07, 6.45) is 5.89. The van der Waals surface area contributed by atoms with Gasteiger partial charge in [-0.1, -0.05) is 0 Å². The third-order valence-corrected chi connectivity index (χ3v) is 3.25. The highest BCUT2D eigenvalue weighted by Gasteiger charge is 2.28. The average Bonchev–Trinajstić information content (AvgIpc) is 2.74. The lowest BCUT2D eigenvalue weighted by Gasteiger charge is -2.34. The topological polar surface area (TPSA) is 87.5 Å². The molecule has 2 amide bonds. The maximum Gasteiger partial charge on any atom is 0.322 e. The quantitative estimate of drug-likeness (QED) is 0.862. The molecule has 7 heteroatoms. The zero-order chi connectivity index (χ0) is 13.8. The number of carbonyl (C=O) groups is 2. The second-order valence-electron chi connectivity index (χ2n) is 4.77. The van der Waals surface area contributed by atoms with Gasteiger partial charge >= 0.3 is 12.0 Å². The van der Waals surface area contributed by atoms with E-state index in [0.717, 1.165) is 19.3 Å². The molecular formula is C12H18N4O3. The van der Waals surface area contributed by atoms with Gasteiger partial charge < -0.3 is 15.3 Å². The Morgan fingerprint density at radius 3 is 2.95 bits per heavy atom. The summed E-state index contributed by atoms with van der Waals surface area (Å²) in [4.78, 5) is 24.6. The fourth-order valence-corrected chi connectivity index (χ4v) is 2.36. The van der Waals surface area contributed by atoms with Crippen molar-refractivity contribution in [1.29, 1.82) is 0 Å². The second-order valence-corrected chi connectivity index (χ2v) is 4.77. The van der Waals surface area contributed by atoms with Crippen LogP contribution in [0.3, 0.4) is 0 Å². The highest BCUT2D eigenvalue weighted by molar-refractivity contribution is 5.89. The van der Waals surface area contributed by atoms with Gasteiger partial charge in [-0.15, -0.1) is 0 Å². The first-order chi connectivity index (χ1) is 9.06. The summed E-state index contributed by atoms with van der Waals surface area (Å²) in [5, 5.41) is 15.6. The number of carboxylic acids is 1. The summed E-state index contributed by atoms with van der Waals surface area (Å²) in [5.74, 6) is -0.869. The van der Waals surface area contributed by atoms with Crippen LogP contribution in [-0.4, -0.2) is 44.4 Å². The number of hydrogen-bond acceptors (Lipinski definition) is 3. The van der Waals surface area contributed by atoms with Crippen LogP contribution in [0.2, 0.25) is 0 Å². The van der Waals surface area contributed by atoms with Crippen LogP contribution < -0.4 is 5.32 Å². The van der Waals surface area contributed by atoms with Crippen molar-refractivity contribution in [3.8, 4) is 0 Å². The molecule has 1 unspecified atom stereocenters. The minimum absolute atomic E-state index is 0.000456. The van der Waals surface area contributed by atoms with Gasteiger partial charge in [0.15, 0.2) is 0 Å². The predicted octanol–water partition coefficient (Wildman–Crippen LogP) is 1.28. The Kier molecular flexibility index (Phi) is 4.03. The van der Waals surface area contributed by atoms with Crippen LogP contribution in [-0.2, 0) is 11.8 Å². The van der Waals surface area contributed by atoms with Crippen LogP contribution in [0, 0.1) is 0 Å². The minimum atomic E-state index is -0.869. The molecule has 1 atom stereocenters. The van der Waals surface area contributed by atoms with E-state index in [-0.39, 0.29) is 18.5 Å². The summed E-state index contributed by atoms with van der Waals surface area (Å²) >= 11 is 0. The van der Waals surface area contributed by atoms with Gasteiger partial charge in [0.1, 0.15) is 0 Å². The maximum absolute atomic E-state index is 12.2. The number of carboxylic acid groups (broad SMARTS) is 1. The SMILES string of the molecule is Cn1cc(NC(=O)N2CCCCC2CC(=O)O)cn1. The highest BCUT2D eigenvalue weighted by atomic mass is 16.4. The van der Waals surface area contributed by atoms with E-state index in [1.165, 1.54) is 0 Å². The van der Waals surface area contributed by atoms with Crippen molar-refractivity contribution in [2.75, 3.05) is 11.9 Å². The van der Waals surface area contributed by atoms with Crippen LogP contribution in [0.5, 0.6) is 0 Å². The number of amides is 2. The van der Waals surface area contributed by atoms with Gasteiger partial charge in [-0.2, -0.15) is 5.10 Å². The van der Waals surface area contributed by atoms with Crippen LogP contribution in [0.1, 0.15) is 25.7 Å². The molecule has 1 aliphatic heterocycles. The molecule has 1 saturated heterocycles. The number of nitrogens with one attached hydrogen (secondary N) is 1. The molecule has 1 aromatic rings. The third kappa shape index (κ3) is 3.46. The first-order valence-electron chi connectivity index (χ1n) is 6.34. The summed E-state index contributed by atoms with van der Waals surface area (Å²) in [5.41, 5.74) is 0.618. The van der Waals surface area contributed by atoms with Gasteiger partial charge in [0.05, 0.1) is 18.3 Å². The molecule has 0 aromatic carbocycles. The summed E-state index contributed by atoms with van der Waals surface area (Å²) in [6, 6.07) is -0.470. The Bertz CT molecular complexity index is 471. The van der Waals surface area contributed by atoms with Crippen molar-refractivity contribution < 1.29 is 14.7 Å². The van der Waals surface area contributed by atoms with Gasteiger partial charge in [0, 0.05) is 25.8 Å². The maximum atomic E-state index is 12.2. The lowest BCUT2D eigenvalue weighted by atomic mass is 10.00. The van der Waals surface area contributed by atoms with Crippen molar-refractivity contribution in [3.63, 3.8) is 0 Å². The normalized spacial score (nSPS) is 19.2. The molecule has 1 aliphatic rings. The lowest BCUT2D eigenvalue weighted by molar-refractivity contribution is -0.138. The molecule has 0 spiro atoms. The molecule has 0 aliphatic carbocycles. The molecule has 0 radical (unpaired) electrons. The Hall–Kier alpha value is -2.05. The third-order valence-electron chi connectivity index (χ3n) is 3.25. The number of carbonyl (C=O) groups excluding carboxylic acids is 1. The molecular weight excluding hydrogens is 248 g/mol. The first kappa shape index (κ1) is 13.4. The fraction of sp³-hybridized carbons (Fsp3) is 0.583. The zero-order valence-electron chi connectivity index (χ0n) is 10.9. The number of aliphatic carboxylic acids is 1. The molecule has 104 valence electrons. The number of aryl methyl sites for hydroxylation is 1. The van der Waals surface area contributed by atoms with Crippen molar-refractivity contribution in [2.45, 2.75) is 31.7 Å². The van der Waals surface area contributed by atoms with Crippen molar-refractivity contribution in [2.24, 2.45) is 7.05 Å². The Morgan fingerprint density at radius 1 is 1.53 bits per heavy atom. The number of likely N-dealkylation sites (tertiary alicyclic amines) is 1. The van der Waals surface area contributed by atoms with Crippen LogP contribution in [0.15, 0.2) is 12.4 Å². The number of anilines is 1. The van der Waals surface area contributed by atoms with E-state index in [0.29, 0.717) is 12.2 Å². The monoisotopic (exact) mass is 266 g/mol. The van der Waals surface area contributed by atoms with E-state index < -0.39 is 5.97 Å². The molecule has 2 rings (SSSR count). The van der Waals surface area contributed by atoms with Crippen LogP contribution in [0.25, 0.3) is 0 Å². The number of urea groups is 1. The molecule has 19 heavy (non-hydrogen) atoms. The number of aromatic nitrogens is 2. The first-order valence-corrected chi connectivity index (χ1v) is 6.34. The van der Waals surface area contributed by atoms with E-state index in [4.69, 9.17) is 5.11 Å². The van der Waals surface area contributed by atoms with Crippen LogP contribution in [0.4, 0.5) is 10.5 Å². The second kappa shape index (κ2) is 5.73. The van der Waals surface area contributed by atoms with E-state index in [9.17, 15) is 9.59 Å². The lowest BCUT2D eigenvalue weighted by Crippen LogP contribution is -2.46. The number of nitrogens with zero attached hydrogens (tertiary/aromatic N) is 3. The average molecular weight is 266 g/mol.